The van der Waals surface area contributed by atoms with Crippen LogP contribution in [0, 0.1) is 11.8 Å². The molecular weight excluding hydrogens is 234 g/mol. The maximum Gasteiger partial charge on any atom is 0.230 e. The first kappa shape index (κ1) is 13.8. The Morgan fingerprint density at radius 1 is 1.47 bits per heavy atom. The minimum Gasteiger partial charge on any atom is -0.480 e. The average molecular weight is 253 g/mol. The molecule has 0 aliphatic rings. The number of methoxy groups -OCH3 is 1. The van der Waals surface area contributed by atoms with Gasteiger partial charge in [-0.25, -0.2) is 0 Å². The molecule has 17 heavy (non-hydrogen) atoms. The van der Waals surface area contributed by atoms with Gasteiger partial charge in [-0.3, -0.25) is 0 Å². The summed E-state index contributed by atoms with van der Waals surface area (Å²) in [6.07, 6.45) is 0.873. The van der Waals surface area contributed by atoms with Crippen LogP contribution in [-0.4, -0.2) is 32.7 Å². The molecule has 94 valence electrons. The molecule has 1 heterocycles. The Labute approximate surface area is 107 Å². The topological polar surface area (TPSA) is 37.4 Å². The van der Waals surface area contributed by atoms with Gasteiger partial charge in [0.15, 0.2) is 5.13 Å². The van der Waals surface area contributed by atoms with Crippen LogP contribution in [-0.2, 0) is 6.54 Å². The van der Waals surface area contributed by atoms with Crippen molar-refractivity contribution in [2.45, 2.75) is 19.9 Å². The number of anilines is 1. The fraction of sp³-hybridized carbons (Fsp3) is 0.583. The Kier molecular flexibility index (Phi) is 5.81. The summed E-state index contributed by atoms with van der Waals surface area (Å²) in [5.41, 5.74) is 0. The first-order valence-corrected chi connectivity index (χ1v) is 6.32. The molecule has 0 aliphatic carbocycles. The molecule has 0 saturated heterocycles. The van der Waals surface area contributed by atoms with Crippen LogP contribution in [0.4, 0.5) is 5.13 Å². The number of hydrogen-bond donors (Lipinski definition) is 1. The normalized spacial score (nSPS) is 9.65. The minimum absolute atomic E-state index is 0.716. The summed E-state index contributed by atoms with van der Waals surface area (Å²) in [5.74, 6) is 6.61. The smallest absolute Gasteiger partial charge is 0.230 e. The Morgan fingerprint density at radius 2 is 2.24 bits per heavy atom. The van der Waals surface area contributed by atoms with E-state index in [1.165, 1.54) is 0 Å². The van der Waals surface area contributed by atoms with Gasteiger partial charge >= 0.3 is 0 Å². The first-order chi connectivity index (χ1) is 8.19. The van der Waals surface area contributed by atoms with Crippen LogP contribution in [0.2, 0.25) is 0 Å². The van der Waals surface area contributed by atoms with Gasteiger partial charge in [0.25, 0.3) is 0 Å². The second-order valence-electron chi connectivity index (χ2n) is 3.68. The Bertz CT molecular complexity index is 404. The lowest BCUT2D eigenvalue weighted by Gasteiger charge is -2.04. The summed E-state index contributed by atoms with van der Waals surface area (Å²) in [6.45, 7) is 3.52. The molecule has 4 nitrogen and oxygen atoms in total. The van der Waals surface area contributed by atoms with E-state index in [2.05, 4.69) is 22.1 Å². The van der Waals surface area contributed by atoms with Crippen LogP contribution in [0.25, 0.3) is 0 Å². The largest absolute Gasteiger partial charge is 0.480 e. The lowest BCUT2D eigenvalue weighted by Crippen LogP contribution is -2.13. The molecule has 0 atom stereocenters. The highest BCUT2D eigenvalue weighted by Crippen LogP contribution is 2.29. The number of rotatable bonds is 6. The molecular formula is C12H19N3OS. The van der Waals surface area contributed by atoms with Crippen molar-refractivity contribution < 1.29 is 4.74 Å². The molecule has 0 fully saturated rings. The van der Waals surface area contributed by atoms with Crippen molar-refractivity contribution in [3.63, 3.8) is 0 Å². The number of thiazole rings is 1. The van der Waals surface area contributed by atoms with E-state index in [1.54, 1.807) is 18.4 Å². The predicted octanol–water partition coefficient (Wildman–Crippen LogP) is 1.72. The molecule has 0 spiro atoms. The molecule has 1 N–H and O–H groups in total. The molecule has 1 rings (SSSR count). The third-order valence-corrected chi connectivity index (χ3v) is 3.32. The number of aromatic nitrogens is 1. The zero-order valence-corrected chi connectivity index (χ0v) is 11.6. The molecule has 0 amide bonds. The molecule has 0 bridgehead atoms. The fourth-order valence-corrected chi connectivity index (χ4v) is 2.19. The quantitative estimate of drug-likeness (QED) is 0.619. The van der Waals surface area contributed by atoms with Crippen molar-refractivity contribution in [2.75, 3.05) is 32.6 Å². The van der Waals surface area contributed by atoms with E-state index in [-0.39, 0.29) is 0 Å². The molecule has 1 aromatic rings. The third-order valence-electron chi connectivity index (χ3n) is 2.12. The summed E-state index contributed by atoms with van der Waals surface area (Å²) in [6, 6.07) is 0. The number of ether oxygens (including phenoxy) is 1. The maximum absolute atomic E-state index is 5.26. The lowest BCUT2D eigenvalue weighted by molar-refractivity contribution is 0.395. The van der Waals surface area contributed by atoms with E-state index >= 15 is 0 Å². The molecule has 0 unspecified atom stereocenters. The first-order valence-electron chi connectivity index (χ1n) is 5.50. The summed E-state index contributed by atoms with van der Waals surface area (Å²) in [7, 11) is 5.61. The van der Waals surface area contributed by atoms with Gasteiger partial charge in [0.1, 0.15) is 0 Å². The van der Waals surface area contributed by atoms with Gasteiger partial charge in [-0.15, -0.1) is 11.8 Å². The van der Waals surface area contributed by atoms with Crippen molar-refractivity contribution in [1.82, 2.24) is 10.3 Å². The molecule has 0 saturated carbocycles. The average Bonchev–Trinajstić information content (AvgIpc) is 2.72. The standard InChI is InChI=1S/C12H19N3OS/c1-5-6-7-8-13-9-10-11(16-4)14-12(17-10)15(2)3/h13H,7-9H2,1-4H3. The minimum atomic E-state index is 0.716. The van der Waals surface area contributed by atoms with Crippen LogP contribution < -0.4 is 15.0 Å². The van der Waals surface area contributed by atoms with E-state index in [1.807, 2.05) is 25.9 Å². The van der Waals surface area contributed by atoms with E-state index in [9.17, 15) is 0 Å². The van der Waals surface area contributed by atoms with E-state index in [4.69, 9.17) is 4.74 Å². The molecule has 0 radical (unpaired) electrons. The predicted molar refractivity (Wildman–Crippen MR) is 72.8 cm³/mol. The van der Waals surface area contributed by atoms with Gasteiger partial charge in [-0.05, 0) is 6.92 Å². The summed E-state index contributed by atoms with van der Waals surface area (Å²) in [4.78, 5) is 7.51. The van der Waals surface area contributed by atoms with Crippen molar-refractivity contribution in [2.24, 2.45) is 0 Å². The van der Waals surface area contributed by atoms with Crippen LogP contribution in [0.3, 0.4) is 0 Å². The summed E-state index contributed by atoms with van der Waals surface area (Å²) >= 11 is 1.65. The van der Waals surface area contributed by atoms with Gasteiger partial charge in [0.2, 0.25) is 5.88 Å². The van der Waals surface area contributed by atoms with Crippen LogP contribution in [0.15, 0.2) is 0 Å². The van der Waals surface area contributed by atoms with Crippen LogP contribution in [0.1, 0.15) is 18.2 Å². The van der Waals surface area contributed by atoms with Crippen LogP contribution >= 0.6 is 11.3 Å². The lowest BCUT2D eigenvalue weighted by atomic mass is 10.4. The number of nitrogens with one attached hydrogen (secondary N) is 1. The molecule has 0 aliphatic heterocycles. The van der Waals surface area contributed by atoms with Crippen molar-refractivity contribution >= 4 is 16.5 Å². The zero-order valence-electron chi connectivity index (χ0n) is 10.8. The zero-order chi connectivity index (χ0) is 12.7. The monoisotopic (exact) mass is 253 g/mol. The van der Waals surface area contributed by atoms with Gasteiger partial charge in [-0.1, -0.05) is 11.3 Å². The van der Waals surface area contributed by atoms with Crippen molar-refractivity contribution in [1.29, 1.82) is 0 Å². The van der Waals surface area contributed by atoms with Crippen molar-refractivity contribution in [3.05, 3.63) is 4.88 Å². The second-order valence-corrected chi connectivity index (χ2v) is 4.74. The molecule has 0 aromatic carbocycles. The number of hydrogen-bond acceptors (Lipinski definition) is 5. The Hall–Kier alpha value is -1.25. The number of nitrogens with zero attached hydrogens (tertiary/aromatic N) is 2. The van der Waals surface area contributed by atoms with Gasteiger partial charge in [0.05, 0.1) is 12.0 Å². The SMILES string of the molecule is CC#CCCNCc1sc(N(C)C)nc1OC. The van der Waals surface area contributed by atoms with Gasteiger partial charge in [0, 0.05) is 33.6 Å². The van der Waals surface area contributed by atoms with Crippen LogP contribution in [0.5, 0.6) is 5.88 Å². The van der Waals surface area contributed by atoms with Crippen molar-refractivity contribution in [3.8, 4) is 17.7 Å². The highest BCUT2D eigenvalue weighted by molar-refractivity contribution is 7.15. The Morgan fingerprint density at radius 3 is 2.82 bits per heavy atom. The Balaban J connectivity index is 2.53. The molecule has 5 heteroatoms. The highest BCUT2D eigenvalue weighted by Gasteiger charge is 2.12. The third kappa shape index (κ3) is 4.25. The fourth-order valence-electron chi connectivity index (χ4n) is 1.27. The van der Waals surface area contributed by atoms with Gasteiger partial charge < -0.3 is 15.0 Å². The molecule has 1 aromatic heterocycles. The second kappa shape index (κ2) is 7.15. The highest BCUT2D eigenvalue weighted by atomic mass is 32.1. The van der Waals surface area contributed by atoms with E-state index in [0.717, 1.165) is 29.5 Å². The van der Waals surface area contributed by atoms with E-state index in [0.29, 0.717) is 5.88 Å². The maximum atomic E-state index is 5.26. The van der Waals surface area contributed by atoms with E-state index < -0.39 is 0 Å². The summed E-state index contributed by atoms with van der Waals surface area (Å²) < 4.78 is 5.26. The van der Waals surface area contributed by atoms with Gasteiger partial charge in [-0.2, -0.15) is 4.98 Å². The summed E-state index contributed by atoms with van der Waals surface area (Å²) in [5, 5.41) is 4.30.